The number of ether oxygens (including phenoxy) is 1. The van der Waals surface area contributed by atoms with Crippen LogP contribution in [-0.2, 0) is 20.9 Å². The molecule has 0 bridgehead atoms. The maximum absolute atomic E-state index is 13.0. The standard InChI is InChI=1S/C24H25N3O4/c1-17(18-7-3-2-4-8-18)25-24(30)23(29)20-15-27(21-10-6-5-9-19(20)21)16-22(28)26-11-13-31-14-12-26/h2-10,15,17H,11-14,16H2,1H3,(H,25,30)/t17-/m1/s1. The van der Waals surface area contributed by atoms with Crippen molar-refractivity contribution in [1.82, 2.24) is 14.8 Å². The molecular weight excluding hydrogens is 394 g/mol. The van der Waals surface area contributed by atoms with Gasteiger partial charge in [0.15, 0.2) is 0 Å². The average molecular weight is 419 g/mol. The van der Waals surface area contributed by atoms with Crippen molar-refractivity contribution in [1.29, 1.82) is 0 Å². The number of fused-ring (bicyclic) bond motifs is 1. The number of nitrogens with one attached hydrogen (secondary N) is 1. The summed E-state index contributed by atoms with van der Waals surface area (Å²) in [6, 6.07) is 16.5. The molecule has 0 radical (unpaired) electrons. The van der Waals surface area contributed by atoms with Gasteiger partial charge in [-0.3, -0.25) is 14.4 Å². The van der Waals surface area contributed by atoms with Crippen LogP contribution in [0.3, 0.4) is 0 Å². The summed E-state index contributed by atoms with van der Waals surface area (Å²) >= 11 is 0. The maximum Gasteiger partial charge on any atom is 0.292 e. The Hall–Kier alpha value is -3.45. The minimum Gasteiger partial charge on any atom is -0.378 e. The third-order valence-corrected chi connectivity index (χ3v) is 5.56. The molecule has 31 heavy (non-hydrogen) atoms. The predicted octanol–water partition coefficient (Wildman–Crippen LogP) is 2.56. The molecule has 0 saturated carbocycles. The fourth-order valence-corrected chi connectivity index (χ4v) is 3.83. The summed E-state index contributed by atoms with van der Waals surface area (Å²) in [4.78, 5) is 40.1. The lowest BCUT2D eigenvalue weighted by atomic mass is 10.1. The molecule has 7 nitrogen and oxygen atoms in total. The number of amides is 2. The van der Waals surface area contributed by atoms with E-state index in [9.17, 15) is 14.4 Å². The second kappa shape index (κ2) is 9.14. The summed E-state index contributed by atoms with van der Waals surface area (Å²) < 4.78 is 7.05. The highest BCUT2D eigenvalue weighted by Crippen LogP contribution is 2.23. The second-order valence-corrected chi connectivity index (χ2v) is 7.62. The summed E-state index contributed by atoms with van der Waals surface area (Å²) in [5, 5.41) is 3.43. The summed E-state index contributed by atoms with van der Waals surface area (Å²) in [6.07, 6.45) is 1.61. The van der Waals surface area contributed by atoms with Gasteiger partial charge in [0.2, 0.25) is 5.91 Å². The third kappa shape index (κ3) is 4.51. The first-order chi connectivity index (χ1) is 15.0. The van der Waals surface area contributed by atoms with E-state index in [1.165, 1.54) is 0 Å². The molecule has 1 atom stereocenters. The van der Waals surface area contributed by atoms with Gasteiger partial charge in [-0.2, -0.15) is 0 Å². The first-order valence-electron chi connectivity index (χ1n) is 10.4. The lowest BCUT2D eigenvalue weighted by Crippen LogP contribution is -2.42. The molecule has 2 amide bonds. The zero-order valence-electron chi connectivity index (χ0n) is 17.4. The summed E-state index contributed by atoms with van der Waals surface area (Å²) in [5.41, 5.74) is 1.96. The fraction of sp³-hybridized carbons (Fsp3) is 0.292. The molecule has 2 heterocycles. The Balaban J connectivity index is 1.55. The molecule has 1 N–H and O–H groups in total. The lowest BCUT2D eigenvalue weighted by molar-refractivity contribution is -0.135. The van der Waals surface area contributed by atoms with Gasteiger partial charge in [0, 0.05) is 30.2 Å². The SMILES string of the molecule is C[C@@H](NC(=O)C(=O)c1cn(CC(=O)N2CCOCC2)c2ccccc12)c1ccccc1. The molecule has 1 aromatic heterocycles. The van der Waals surface area contributed by atoms with Crippen LogP contribution in [-0.4, -0.2) is 53.4 Å². The Morgan fingerprint density at radius 3 is 2.42 bits per heavy atom. The van der Waals surface area contributed by atoms with Gasteiger partial charge >= 0.3 is 0 Å². The molecule has 7 heteroatoms. The first-order valence-corrected chi connectivity index (χ1v) is 10.4. The number of carbonyl (C=O) groups is 3. The van der Waals surface area contributed by atoms with E-state index < -0.39 is 11.7 Å². The third-order valence-electron chi connectivity index (χ3n) is 5.56. The number of hydrogen-bond donors (Lipinski definition) is 1. The van der Waals surface area contributed by atoms with Crippen LogP contribution in [0.4, 0.5) is 0 Å². The van der Waals surface area contributed by atoms with E-state index in [0.717, 1.165) is 11.1 Å². The number of morpholine rings is 1. The van der Waals surface area contributed by atoms with Gasteiger partial charge in [-0.05, 0) is 18.6 Å². The first kappa shape index (κ1) is 20.8. The van der Waals surface area contributed by atoms with Crippen molar-refractivity contribution in [2.75, 3.05) is 26.3 Å². The molecule has 1 aliphatic heterocycles. The minimum atomic E-state index is -0.668. The van der Waals surface area contributed by atoms with Crippen molar-refractivity contribution in [3.8, 4) is 0 Å². The van der Waals surface area contributed by atoms with Crippen molar-refractivity contribution >= 4 is 28.5 Å². The Morgan fingerprint density at radius 2 is 1.68 bits per heavy atom. The number of benzene rings is 2. The van der Waals surface area contributed by atoms with E-state index >= 15 is 0 Å². The van der Waals surface area contributed by atoms with E-state index in [1.54, 1.807) is 21.7 Å². The number of para-hydroxylation sites is 1. The Kier molecular flexibility index (Phi) is 6.13. The lowest BCUT2D eigenvalue weighted by Gasteiger charge is -2.27. The zero-order valence-corrected chi connectivity index (χ0v) is 17.4. The molecule has 0 spiro atoms. The number of ketones is 1. The largest absolute Gasteiger partial charge is 0.378 e. The van der Waals surface area contributed by atoms with Crippen molar-refractivity contribution in [3.05, 3.63) is 71.9 Å². The Morgan fingerprint density at radius 1 is 1.00 bits per heavy atom. The topological polar surface area (TPSA) is 80.6 Å². The van der Waals surface area contributed by atoms with Crippen molar-refractivity contribution < 1.29 is 19.1 Å². The number of Topliss-reactive ketones (excluding diaryl/α,β-unsaturated/α-hetero) is 1. The normalized spacial score (nSPS) is 14.9. The molecule has 0 unspecified atom stereocenters. The minimum absolute atomic E-state index is 0.0368. The van der Waals surface area contributed by atoms with Crippen LogP contribution < -0.4 is 5.32 Å². The maximum atomic E-state index is 13.0. The van der Waals surface area contributed by atoms with E-state index in [0.29, 0.717) is 37.3 Å². The summed E-state index contributed by atoms with van der Waals surface area (Å²) in [5.74, 6) is -1.32. The van der Waals surface area contributed by atoms with Crippen LogP contribution in [0.2, 0.25) is 0 Å². The van der Waals surface area contributed by atoms with Gasteiger partial charge in [0.1, 0.15) is 6.54 Å². The van der Waals surface area contributed by atoms with E-state index in [1.807, 2.05) is 55.5 Å². The zero-order chi connectivity index (χ0) is 21.8. The highest BCUT2D eigenvalue weighted by molar-refractivity contribution is 6.45. The highest BCUT2D eigenvalue weighted by Gasteiger charge is 2.24. The van der Waals surface area contributed by atoms with Gasteiger partial charge in [-0.25, -0.2) is 0 Å². The van der Waals surface area contributed by atoms with Crippen molar-refractivity contribution in [3.63, 3.8) is 0 Å². The number of nitrogens with zero attached hydrogens (tertiary/aromatic N) is 2. The van der Waals surface area contributed by atoms with Crippen LogP contribution in [0.25, 0.3) is 10.9 Å². The van der Waals surface area contributed by atoms with Crippen LogP contribution in [0.1, 0.15) is 28.9 Å². The molecule has 160 valence electrons. The number of carbonyl (C=O) groups excluding carboxylic acids is 3. The summed E-state index contributed by atoms with van der Waals surface area (Å²) in [6.45, 7) is 4.12. The highest BCUT2D eigenvalue weighted by atomic mass is 16.5. The monoisotopic (exact) mass is 419 g/mol. The number of hydrogen-bond acceptors (Lipinski definition) is 4. The van der Waals surface area contributed by atoms with Crippen LogP contribution in [0, 0.1) is 0 Å². The van der Waals surface area contributed by atoms with E-state index in [-0.39, 0.29) is 18.5 Å². The van der Waals surface area contributed by atoms with Crippen LogP contribution in [0.15, 0.2) is 60.8 Å². The quantitative estimate of drug-likeness (QED) is 0.492. The van der Waals surface area contributed by atoms with E-state index in [4.69, 9.17) is 4.74 Å². The molecule has 1 aliphatic rings. The van der Waals surface area contributed by atoms with Crippen molar-refractivity contribution in [2.24, 2.45) is 0 Å². The van der Waals surface area contributed by atoms with Crippen molar-refractivity contribution in [2.45, 2.75) is 19.5 Å². The molecule has 4 rings (SSSR count). The van der Waals surface area contributed by atoms with Gasteiger partial charge in [0.05, 0.1) is 24.8 Å². The fourth-order valence-electron chi connectivity index (χ4n) is 3.83. The second-order valence-electron chi connectivity index (χ2n) is 7.62. The summed E-state index contributed by atoms with van der Waals surface area (Å²) in [7, 11) is 0. The molecule has 2 aromatic carbocycles. The molecule has 1 saturated heterocycles. The van der Waals surface area contributed by atoms with Gasteiger partial charge in [0.25, 0.3) is 11.7 Å². The van der Waals surface area contributed by atoms with Gasteiger partial charge in [-0.1, -0.05) is 48.5 Å². The average Bonchev–Trinajstić information content (AvgIpc) is 3.18. The van der Waals surface area contributed by atoms with Crippen LogP contribution in [0.5, 0.6) is 0 Å². The smallest absolute Gasteiger partial charge is 0.292 e. The Labute approximate surface area is 180 Å². The van der Waals surface area contributed by atoms with E-state index in [2.05, 4.69) is 5.32 Å². The van der Waals surface area contributed by atoms with Gasteiger partial charge < -0.3 is 19.5 Å². The molecular formula is C24H25N3O4. The number of aromatic nitrogens is 1. The predicted molar refractivity (Wildman–Crippen MR) is 117 cm³/mol. The Bertz CT molecular complexity index is 1100. The van der Waals surface area contributed by atoms with Crippen LogP contribution >= 0.6 is 0 Å². The molecule has 0 aliphatic carbocycles. The van der Waals surface area contributed by atoms with Gasteiger partial charge in [-0.15, -0.1) is 0 Å². The number of rotatable bonds is 6. The molecule has 1 fully saturated rings. The molecule has 3 aromatic rings.